The lowest BCUT2D eigenvalue weighted by Crippen LogP contribution is -2.05. The van der Waals surface area contributed by atoms with Gasteiger partial charge in [-0.25, -0.2) is 19.3 Å². The molecule has 0 aliphatic carbocycles. The molecule has 7 heteroatoms. The smallest absolute Gasteiger partial charge is 0.158 e. The van der Waals surface area contributed by atoms with Crippen LogP contribution in [0.5, 0.6) is 11.5 Å². The van der Waals surface area contributed by atoms with Crippen molar-refractivity contribution < 1.29 is 4.74 Å². The van der Waals surface area contributed by atoms with E-state index in [1.807, 2.05) is 57.9 Å². The number of hydrogen-bond donors (Lipinski definition) is 0. The van der Waals surface area contributed by atoms with E-state index < -0.39 is 0 Å². The molecule has 0 saturated carbocycles. The minimum Gasteiger partial charge on any atom is -0.457 e. The second kappa shape index (κ2) is 7.87. The zero-order valence-electron chi connectivity index (χ0n) is 17.0. The highest BCUT2D eigenvalue weighted by Crippen LogP contribution is 2.30. The van der Waals surface area contributed by atoms with Crippen molar-refractivity contribution in [1.29, 1.82) is 0 Å². The van der Waals surface area contributed by atoms with Gasteiger partial charge >= 0.3 is 0 Å². The zero-order chi connectivity index (χ0) is 20.4. The Bertz CT molecular complexity index is 1020. The summed E-state index contributed by atoms with van der Waals surface area (Å²) in [6.07, 6.45) is 3.16. The number of ether oxygens (including phenoxy) is 1. The minimum absolute atomic E-state index is 0.229. The van der Waals surface area contributed by atoms with Crippen LogP contribution in [0.4, 0.5) is 0 Å². The second-order valence-corrected chi connectivity index (χ2v) is 7.40. The summed E-state index contributed by atoms with van der Waals surface area (Å²) in [5.41, 5.74) is 1.92. The Kier molecular flexibility index (Phi) is 5.12. The first-order chi connectivity index (χ1) is 14.0. The fourth-order valence-corrected chi connectivity index (χ4v) is 3.20. The Labute approximate surface area is 170 Å². The van der Waals surface area contributed by atoms with E-state index in [1.54, 1.807) is 12.7 Å². The topological polar surface area (TPSA) is 70.7 Å². The Morgan fingerprint density at radius 2 is 1.14 bits per heavy atom. The van der Waals surface area contributed by atoms with Crippen molar-refractivity contribution in [2.24, 2.45) is 0 Å². The molecule has 0 fully saturated rings. The van der Waals surface area contributed by atoms with Crippen LogP contribution in [0.15, 0.2) is 61.2 Å². The molecule has 4 rings (SSSR count). The lowest BCUT2D eigenvalue weighted by Gasteiger charge is -2.12. The van der Waals surface area contributed by atoms with Crippen molar-refractivity contribution in [3.05, 3.63) is 61.2 Å². The van der Waals surface area contributed by atoms with Crippen LogP contribution in [0.1, 0.15) is 39.8 Å². The third kappa shape index (κ3) is 3.89. The maximum Gasteiger partial charge on any atom is 0.158 e. The molecule has 0 aliphatic rings. The Morgan fingerprint density at radius 3 is 1.55 bits per heavy atom. The van der Waals surface area contributed by atoms with Crippen LogP contribution in [-0.2, 0) is 0 Å². The summed E-state index contributed by atoms with van der Waals surface area (Å²) in [7, 11) is 0. The van der Waals surface area contributed by atoms with Crippen LogP contribution in [0.25, 0.3) is 22.8 Å². The minimum atomic E-state index is 0.229. The van der Waals surface area contributed by atoms with Gasteiger partial charge in [0.1, 0.15) is 24.2 Å². The fraction of sp³-hybridized carbons (Fsp3) is 0.273. The quantitative estimate of drug-likeness (QED) is 0.456. The molecule has 148 valence electrons. The molecule has 2 heterocycles. The standard InChI is InChI=1S/C22H24N6O/c1-15(2)27-21(23-13-25-27)17-7-5-9-19(11-17)29-20-10-6-8-18(12-20)22-24-14-26-28(22)16(3)4/h5-16H,1-4H3. The van der Waals surface area contributed by atoms with Gasteiger partial charge in [0.2, 0.25) is 0 Å². The van der Waals surface area contributed by atoms with Crippen molar-refractivity contribution in [2.45, 2.75) is 39.8 Å². The van der Waals surface area contributed by atoms with Crippen molar-refractivity contribution in [2.75, 3.05) is 0 Å². The van der Waals surface area contributed by atoms with Crippen LogP contribution >= 0.6 is 0 Å². The lowest BCUT2D eigenvalue weighted by atomic mass is 10.2. The Morgan fingerprint density at radius 1 is 0.690 bits per heavy atom. The van der Waals surface area contributed by atoms with E-state index in [1.165, 1.54) is 0 Å². The maximum atomic E-state index is 6.14. The predicted molar refractivity (Wildman–Crippen MR) is 112 cm³/mol. The van der Waals surface area contributed by atoms with E-state index >= 15 is 0 Å². The number of nitrogens with zero attached hydrogens (tertiary/aromatic N) is 6. The molecular weight excluding hydrogens is 364 g/mol. The largest absolute Gasteiger partial charge is 0.457 e. The Hall–Kier alpha value is -3.48. The van der Waals surface area contributed by atoms with Gasteiger partial charge in [-0.15, -0.1) is 0 Å². The monoisotopic (exact) mass is 388 g/mol. The normalized spacial score (nSPS) is 11.4. The number of benzene rings is 2. The van der Waals surface area contributed by atoms with Gasteiger partial charge in [0, 0.05) is 23.2 Å². The summed E-state index contributed by atoms with van der Waals surface area (Å²) >= 11 is 0. The number of hydrogen-bond acceptors (Lipinski definition) is 5. The summed E-state index contributed by atoms with van der Waals surface area (Å²) in [5.74, 6) is 3.13. The van der Waals surface area contributed by atoms with Gasteiger partial charge in [0.25, 0.3) is 0 Å². The van der Waals surface area contributed by atoms with E-state index in [0.717, 1.165) is 34.3 Å². The predicted octanol–water partition coefficient (Wildman–Crippen LogP) is 5.16. The third-order valence-electron chi connectivity index (χ3n) is 4.54. The molecule has 0 unspecified atom stereocenters. The van der Waals surface area contributed by atoms with Crippen molar-refractivity contribution >= 4 is 0 Å². The first-order valence-corrected chi connectivity index (χ1v) is 9.70. The van der Waals surface area contributed by atoms with Gasteiger partial charge in [-0.2, -0.15) is 10.2 Å². The molecule has 0 saturated heterocycles. The summed E-state index contributed by atoms with van der Waals surface area (Å²) < 4.78 is 9.94. The van der Waals surface area contributed by atoms with E-state index in [-0.39, 0.29) is 12.1 Å². The van der Waals surface area contributed by atoms with Gasteiger partial charge in [-0.05, 0) is 52.0 Å². The summed E-state index contributed by atoms with van der Waals surface area (Å²) in [5, 5.41) is 8.64. The highest BCUT2D eigenvalue weighted by molar-refractivity contribution is 5.60. The molecule has 0 bridgehead atoms. The molecule has 0 aliphatic heterocycles. The van der Waals surface area contributed by atoms with E-state index in [0.29, 0.717) is 0 Å². The van der Waals surface area contributed by atoms with Crippen LogP contribution in [0.3, 0.4) is 0 Å². The molecule has 0 amide bonds. The zero-order valence-corrected chi connectivity index (χ0v) is 17.0. The summed E-state index contributed by atoms with van der Waals surface area (Å²) in [6.45, 7) is 8.33. The van der Waals surface area contributed by atoms with Crippen molar-refractivity contribution in [3.8, 4) is 34.3 Å². The first kappa shape index (κ1) is 18.9. The average Bonchev–Trinajstić information content (AvgIpc) is 3.38. The number of rotatable bonds is 6. The molecule has 0 N–H and O–H groups in total. The lowest BCUT2D eigenvalue weighted by molar-refractivity contribution is 0.482. The fourth-order valence-electron chi connectivity index (χ4n) is 3.20. The number of aromatic nitrogens is 6. The van der Waals surface area contributed by atoms with Crippen LogP contribution < -0.4 is 4.74 Å². The van der Waals surface area contributed by atoms with Crippen molar-refractivity contribution in [3.63, 3.8) is 0 Å². The molecule has 29 heavy (non-hydrogen) atoms. The third-order valence-corrected chi connectivity index (χ3v) is 4.54. The van der Waals surface area contributed by atoms with Crippen LogP contribution in [0, 0.1) is 0 Å². The molecule has 2 aromatic carbocycles. The van der Waals surface area contributed by atoms with Crippen LogP contribution in [-0.4, -0.2) is 29.5 Å². The Balaban J connectivity index is 1.62. The highest BCUT2D eigenvalue weighted by Gasteiger charge is 2.13. The first-order valence-electron chi connectivity index (χ1n) is 9.70. The molecule has 0 atom stereocenters. The molecule has 7 nitrogen and oxygen atoms in total. The van der Waals surface area contributed by atoms with Crippen LogP contribution in [0.2, 0.25) is 0 Å². The maximum absolute atomic E-state index is 6.14. The molecule has 0 radical (unpaired) electrons. The molecule has 4 aromatic rings. The van der Waals surface area contributed by atoms with E-state index in [2.05, 4.69) is 47.9 Å². The SMILES string of the molecule is CC(C)n1ncnc1-c1cccc(Oc2cccc(-c3ncnn3C(C)C)c2)c1. The second-order valence-electron chi connectivity index (χ2n) is 7.40. The summed E-state index contributed by atoms with van der Waals surface area (Å²) in [4.78, 5) is 8.82. The average molecular weight is 388 g/mol. The van der Waals surface area contributed by atoms with Gasteiger partial charge in [-0.1, -0.05) is 24.3 Å². The molecule has 0 spiro atoms. The molecule has 2 aromatic heterocycles. The van der Waals surface area contributed by atoms with E-state index in [4.69, 9.17) is 4.74 Å². The van der Waals surface area contributed by atoms with Gasteiger partial charge in [-0.3, -0.25) is 0 Å². The van der Waals surface area contributed by atoms with Crippen molar-refractivity contribution in [1.82, 2.24) is 29.5 Å². The van der Waals surface area contributed by atoms with Gasteiger partial charge in [0.05, 0.1) is 0 Å². The highest BCUT2D eigenvalue weighted by atomic mass is 16.5. The van der Waals surface area contributed by atoms with E-state index in [9.17, 15) is 0 Å². The van der Waals surface area contributed by atoms with Gasteiger partial charge < -0.3 is 4.74 Å². The summed E-state index contributed by atoms with van der Waals surface area (Å²) in [6, 6.07) is 16.2. The molecular formula is C22H24N6O. The van der Waals surface area contributed by atoms with Gasteiger partial charge in [0.15, 0.2) is 11.6 Å².